The van der Waals surface area contributed by atoms with Gasteiger partial charge in [0.25, 0.3) is 0 Å². The SMILES string of the molecule is CN(C)Cc1c(C(C)(C)C)nc2cc(Cl)ccn12. The van der Waals surface area contributed by atoms with Gasteiger partial charge in [-0.25, -0.2) is 4.98 Å². The third-order valence-corrected chi connectivity index (χ3v) is 3.10. The molecule has 0 unspecified atom stereocenters. The van der Waals surface area contributed by atoms with Crippen LogP contribution in [0.15, 0.2) is 18.3 Å². The van der Waals surface area contributed by atoms with Gasteiger partial charge in [0.2, 0.25) is 0 Å². The smallest absolute Gasteiger partial charge is 0.138 e. The van der Waals surface area contributed by atoms with Crippen LogP contribution >= 0.6 is 11.6 Å². The van der Waals surface area contributed by atoms with Crippen molar-refractivity contribution in [2.24, 2.45) is 0 Å². The fourth-order valence-electron chi connectivity index (χ4n) is 2.12. The molecule has 0 saturated heterocycles. The highest BCUT2D eigenvalue weighted by Gasteiger charge is 2.23. The van der Waals surface area contributed by atoms with E-state index in [2.05, 4.69) is 44.2 Å². The molecule has 3 nitrogen and oxygen atoms in total. The van der Waals surface area contributed by atoms with E-state index in [4.69, 9.17) is 16.6 Å². The minimum absolute atomic E-state index is 0.0316. The largest absolute Gasteiger partial charge is 0.304 e. The van der Waals surface area contributed by atoms with Crippen LogP contribution in [0.4, 0.5) is 0 Å². The molecule has 0 N–H and O–H groups in total. The van der Waals surface area contributed by atoms with Crippen LogP contribution in [0, 0.1) is 0 Å². The monoisotopic (exact) mass is 265 g/mol. The van der Waals surface area contributed by atoms with Gasteiger partial charge in [0.05, 0.1) is 11.4 Å². The van der Waals surface area contributed by atoms with E-state index in [1.165, 1.54) is 5.69 Å². The molecule has 0 aliphatic rings. The average molecular weight is 266 g/mol. The topological polar surface area (TPSA) is 20.5 Å². The van der Waals surface area contributed by atoms with Gasteiger partial charge in [0.15, 0.2) is 0 Å². The van der Waals surface area contributed by atoms with Crippen molar-refractivity contribution in [1.82, 2.24) is 14.3 Å². The molecule has 0 amide bonds. The number of aromatic nitrogens is 2. The van der Waals surface area contributed by atoms with Crippen LogP contribution in [-0.2, 0) is 12.0 Å². The van der Waals surface area contributed by atoms with E-state index in [0.717, 1.165) is 22.9 Å². The molecular weight excluding hydrogens is 246 g/mol. The molecule has 0 atom stereocenters. The Bertz CT molecular complexity index is 564. The van der Waals surface area contributed by atoms with Gasteiger partial charge in [-0.15, -0.1) is 0 Å². The lowest BCUT2D eigenvalue weighted by atomic mass is 9.90. The lowest BCUT2D eigenvalue weighted by Gasteiger charge is -2.19. The van der Waals surface area contributed by atoms with Crippen molar-refractivity contribution in [3.8, 4) is 0 Å². The second kappa shape index (κ2) is 4.56. The number of hydrogen-bond donors (Lipinski definition) is 0. The van der Waals surface area contributed by atoms with Crippen molar-refractivity contribution >= 4 is 17.2 Å². The van der Waals surface area contributed by atoms with Crippen LogP contribution in [0.3, 0.4) is 0 Å². The maximum absolute atomic E-state index is 6.04. The Balaban J connectivity index is 2.68. The van der Waals surface area contributed by atoms with E-state index in [1.807, 2.05) is 18.3 Å². The zero-order chi connectivity index (χ0) is 13.5. The van der Waals surface area contributed by atoms with Gasteiger partial charge < -0.3 is 9.30 Å². The summed E-state index contributed by atoms with van der Waals surface area (Å²) < 4.78 is 2.13. The molecule has 4 heteroatoms. The van der Waals surface area contributed by atoms with Crippen molar-refractivity contribution in [2.45, 2.75) is 32.7 Å². The van der Waals surface area contributed by atoms with Crippen molar-refractivity contribution in [1.29, 1.82) is 0 Å². The molecule has 0 fully saturated rings. The molecule has 2 aromatic heterocycles. The van der Waals surface area contributed by atoms with Crippen LogP contribution in [0.2, 0.25) is 5.02 Å². The van der Waals surface area contributed by atoms with E-state index in [1.54, 1.807) is 0 Å². The third-order valence-electron chi connectivity index (χ3n) is 2.86. The quantitative estimate of drug-likeness (QED) is 0.830. The first kappa shape index (κ1) is 13.4. The maximum Gasteiger partial charge on any atom is 0.138 e. The van der Waals surface area contributed by atoms with Gasteiger partial charge in [-0.3, -0.25) is 0 Å². The highest BCUT2D eigenvalue weighted by Crippen LogP contribution is 2.27. The summed E-state index contributed by atoms with van der Waals surface area (Å²) in [6.07, 6.45) is 2.00. The maximum atomic E-state index is 6.04. The molecule has 2 aromatic rings. The molecule has 2 heterocycles. The Kier molecular flexibility index (Phi) is 3.39. The average Bonchev–Trinajstić information content (AvgIpc) is 2.55. The van der Waals surface area contributed by atoms with Crippen molar-refractivity contribution < 1.29 is 0 Å². The number of hydrogen-bond acceptors (Lipinski definition) is 2. The molecule has 0 bridgehead atoms. The lowest BCUT2D eigenvalue weighted by Crippen LogP contribution is -2.19. The summed E-state index contributed by atoms with van der Waals surface area (Å²) in [5.41, 5.74) is 3.33. The molecule has 0 radical (unpaired) electrons. The first-order valence-electron chi connectivity index (χ1n) is 6.11. The number of halogens is 1. The van der Waals surface area contributed by atoms with Crippen LogP contribution < -0.4 is 0 Å². The summed E-state index contributed by atoms with van der Waals surface area (Å²) in [5, 5.41) is 0.726. The predicted octanol–water partition coefficient (Wildman–Crippen LogP) is 3.35. The van der Waals surface area contributed by atoms with Gasteiger partial charge in [-0.1, -0.05) is 32.4 Å². The van der Waals surface area contributed by atoms with Crippen molar-refractivity contribution in [3.05, 3.63) is 34.7 Å². The van der Waals surface area contributed by atoms with E-state index < -0.39 is 0 Å². The van der Waals surface area contributed by atoms with E-state index >= 15 is 0 Å². The Hall–Kier alpha value is -1.06. The third kappa shape index (κ3) is 2.52. The fraction of sp³-hybridized carbons (Fsp3) is 0.500. The molecule has 98 valence electrons. The van der Waals surface area contributed by atoms with Crippen LogP contribution in [0.25, 0.3) is 5.65 Å². The number of rotatable bonds is 2. The van der Waals surface area contributed by atoms with Gasteiger partial charge >= 0.3 is 0 Å². The molecule has 0 spiro atoms. The van der Waals surface area contributed by atoms with Crippen LogP contribution in [0.1, 0.15) is 32.2 Å². The van der Waals surface area contributed by atoms with Crippen LogP contribution in [-0.4, -0.2) is 28.4 Å². The highest BCUT2D eigenvalue weighted by molar-refractivity contribution is 6.30. The normalized spacial score (nSPS) is 12.6. The number of nitrogens with zero attached hydrogens (tertiary/aromatic N) is 3. The summed E-state index contributed by atoms with van der Waals surface area (Å²) in [6, 6.07) is 3.82. The van der Waals surface area contributed by atoms with E-state index in [9.17, 15) is 0 Å². The molecule has 0 aromatic carbocycles. The van der Waals surface area contributed by atoms with Gasteiger partial charge in [0.1, 0.15) is 5.65 Å². The number of fused-ring (bicyclic) bond motifs is 1. The Morgan fingerprint density at radius 1 is 1.33 bits per heavy atom. The van der Waals surface area contributed by atoms with Crippen molar-refractivity contribution in [2.75, 3.05) is 14.1 Å². The van der Waals surface area contributed by atoms with Crippen LogP contribution in [0.5, 0.6) is 0 Å². The molecule has 2 rings (SSSR count). The highest BCUT2D eigenvalue weighted by atomic mass is 35.5. The molecule has 18 heavy (non-hydrogen) atoms. The minimum Gasteiger partial charge on any atom is -0.304 e. The number of imidazole rings is 1. The van der Waals surface area contributed by atoms with Crippen molar-refractivity contribution in [3.63, 3.8) is 0 Å². The standard InChI is InChI=1S/C14H20ClN3/c1-14(2,3)13-11(9-17(4)5)18-7-6-10(15)8-12(18)16-13/h6-8H,9H2,1-5H3. The van der Waals surface area contributed by atoms with Gasteiger partial charge in [-0.2, -0.15) is 0 Å². The Labute approximate surface area is 113 Å². The Morgan fingerprint density at radius 3 is 2.56 bits per heavy atom. The summed E-state index contributed by atoms with van der Waals surface area (Å²) in [5.74, 6) is 0. The first-order chi connectivity index (χ1) is 8.29. The minimum atomic E-state index is 0.0316. The van der Waals surface area contributed by atoms with Gasteiger partial charge in [0, 0.05) is 29.2 Å². The molecule has 0 saturated carbocycles. The first-order valence-corrected chi connectivity index (χ1v) is 6.48. The fourth-order valence-corrected chi connectivity index (χ4v) is 2.28. The zero-order valence-corrected chi connectivity index (χ0v) is 12.4. The summed E-state index contributed by atoms with van der Waals surface area (Å²) >= 11 is 6.04. The lowest BCUT2D eigenvalue weighted by molar-refractivity contribution is 0.389. The van der Waals surface area contributed by atoms with Gasteiger partial charge in [-0.05, 0) is 20.2 Å². The predicted molar refractivity (Wildman–Crippen MR) is 76.3 cm³/mol. The Morgan fingerprint density at radius 2 is 2.00 bits per heavy atom. The second-order valence-electron chi connectivity index (χ2n) is 5.97. The van der Waals surface area contributed by atoms with E-state index in [0.29, 0.717) is 0 Å². The van der Waals surface area contributed by atoms with E-state index in [-0.39, 0.29) is 5.41 Å². The molecular formula is C14H20ClN3. The molecule has 0 aliphatic heterocycles. The molecule has 0 aliphatic carbocycles. The second-order valence-corrected chi connectivity index (χ2v) is 6.40. The number of pyridine rings is 1. The summed E-state index contributed by atoms with van der Waals surface area (Å²) in [7, 11) is 4.14. The summed E-state index contributed by atoms with van der Waals surface area (Å²) in [4.78, 5) is 6.91. The summed E-state index contributed by atoms with van der Waals surface area (Å²) in [6.45, 7) is 7.44. The zero-order valence-electron chi connectivity index (χ0n) is 11.7.